The molecule has 1 aromatic carbocycles. The lowest BCUT2D eigenvalue weighted by Gasteiger charge is -2.47. The molecule has 3 heterocycles. The van der Waals surface area contributed by atoms with Gasteiger partial charge in [0, 0.05) is 50.2 Å². The largest absolute Gasteiger partial charge is 0.384 e. The molecule has 1 aromatic heterocycles. The maximum atomic E-state index is 13.0. The number of benzene rings is 1. The summed E-state index contributed by atoms with van der Waals surface area (Å²) in [4.78, 5) is 30.9. The molecule has 0 atom stereocenters. The molecule has 1 spiro atoms. The monoisotopic (exact) mass is 625 g/mol. The number of carbonyl (C=O) groups excluding carboxylic acids is 1. The van der Waals surface area contributed by atoms with E-state index >= 15 is 0 Å². The number of nitrogens with zero attached hydrogens (tertiary/aromatic N) is 6. The van der Waals surface area contributed by atoms with Crippen LogP contribution in [0.2, 0.25) is 0 Å². The van der Waals surface area contributed by atoms with E-state index in [9.17, 15) is 9.90 Å². The van der Waals surface area contributed by atoms with Gasteiger partial charge in [-0.1, -0.05) is 12.1 Å². The van der Waals surface area contributed by atoms with Crippen molar-refractivity contribution < 1.29 is 9.90 Å². The van der Waals surface area contributed by atoms with E-state index in [-0.39, 0.29) is 24.6 Å². The molecule has 244 valence electrons. The van der Waals surface area contributed by atoms with E-state index in [1.807, 2.05) is 12.1 Å². The number of rotatable bonds is 13. The number of aliphatic imine (C=N–C) groups is 2. The average molecular weight is 626 g/mol. The Morgan fingerprint density at radius 3 is 2.46 bits per heavy atom. The van der Waals surface area contributed by atoms with Crippen molar-refractivity contribution in [2.24, 2.45) is 15.4 Å². The average Bonchev–Trinajstić information content (AvgIpc) is 3.06. The zero-order valence-corrected chi connectivity index (χ0v) is 27.1. The summed E-state index contributed by atoms with van der Waals surface area (Å²) in [7, 11) is 0. The number of amides is 1. The standard InChI is InChI=1S/C35H47N9O2/c1-5-19-38-33(45)29(25-37-4)32(42-31-9-6-8-30(41-31)34(2,3)46)40-26-39-27-10-12-28(13-11-27)44-23-16-35(17-24-44)14-21-43(22-15-35)20-7-18-36/h5-6,8-13,25,39,46H,1,4,7,14-17,19-24,26H2,2-3H3,(H,38,45)(H,40,41,42)/b29-25+. The van der Waals surface area contributed by atoms with Crippen LogP contribution >= 0.6 is 0 Å². The zero-order valence-electron chi connectivity index (χ0n) is 27.1. The predicted molar refractivity (Wildman–Crippen MR) is 186 cm³/mol. The van der Waals surface area contributed by atoms with Gasteiger partial charge in [-0.2, -0.15) is 5.26 Å². The fourth-order valence-electron chi connectivity index (χ4n) is 5.94. The van der Waals surface area contributed by atoms with Crippen LogP contribution in [0.3, 0.4) is 0 Å². The Hall–Kier alpha value is -4.53. The van der Waals surface area contributed by atoms with Crippen molar-refractivity contribution in [3.05, 3.63) is 72.6 Å². The SMILES string of the molecule is C=CCNC(=O)/C(=C/N=C)C(=NCNc1ccc(N2CCC3(CCN(CCC#N)CC3)CC2)cc1)Nc1cccc(C(C)(C)O)n1. The Morgan fingerprint density at radius 1 is 1.13 bits per heavy atom. The van der Waals surface area contributed by atoms with Gasteiger partial charge in [0.1, 0.15) is 23.9 Å². The molecule has 4 N–H and O–H groups in total. The molecule has 4 rings (SSSR count). The van der Waals surface area contributed by atoms with E-state index in [0.29, 0.717) is 23.3 Å². The van der Waals surface area contributed by atoms with Gasteiger partial charge in [0.25, 0.3) is 5.91 Å². The summed E-state index contributed by atoms with van der Waals surface area (Å²) in [6, 6.07) is 15.9. The fraction of sp³-hybridized carbons (Fsp3) is 0.457. The molecular formula is C35H47N9O2. The van der Waals surface area contributed by atoms with Gasteiger partial charge in [0.05, 0.1) is 17.3 Å². The summed E-state index contributed by atoms with van der Waals surface area (Å²) < 4.78 is 0. The molecule has 1 amide bonds. The molecule has 2 fully saturated rings. The van der Waals surface area contributed by atoms with Gasteiger partial charge in [-0.15, -0.1) is 6.58 Å². The fourth-order valence-corrected chi connectivity index (χ4v) is 5.94. The molecule has 0 aliphatic carbocycles. The second-order valence-corrected chi connectivity index (χ2v) is 12.4. The van der Waals surface area contributed by atoms with Crippen LogP contribution in [-0.2, 0) is 10.4 Å². The summed E-state index contributed by atoms with van der Waals surface area (Å²) in [6.45, 7) is 16.1. The molecule has 0 bridgehead atoms. The minimum absolute atomic E-state index is 0.174. The van der Waals surface area contributed by atoms with E-state index in [0.717, 1.165) is 38.4 Å². The van der Waals surface area contributed by atoms with Gasteiger partial charge in [-0.25, -0.2) is 9.98 Å². The molecule has 0 unspecified atom stereocenters. The van der Waals surface area contributed by atoms with Gasteiger partial charge in [-0.3, -0.25) is 9.79 Å². The van der Waals surface area contributed by atoms with Gasteiger partial charge in [0.15, 0.2) is 0 Å². The number of likely N-dealkylation sites (tertiary alicyclic amines) is 1. The Balaban J connectivity index is 1.40. The topological polar surface area (TPSA) is 141 Å². The van der Waals surface area contributed by atoms with Crippen molar-refractivity contribution in [3.63, 3.8) is 0 Å². The van der Waals surface area contributed by atoms with Gasteiger partial charge >= 0.3 is 0 Å². The van der Waals surface area contributed by atoms with E-state index in [4.69, 9.17) is 5.26 Å². The first-order chi connectivity index (χ1) is 22.2. The van der Waals surface area contributed by atoms with E-state index < -0.39 is 11.5 Å². The predicted octanol–water partition coefficient (Wildman–Crippen LogP) is 4.67. The third-order valence-electron chi connectivity index (χ3n) is 8.78. The number of aromatic nitrogens is 1. The molecule has 2 saturated heterocycles. The molecule has 2 aliphatic rings. The Bertz CT molecular complexity index is 1440. The van der Waals surface area contributed by atoms with Crippen LogP contribution in [0.5, 0.6) is 0 Å². The van der Waals surface area contributed by atoms with Crippen LogP contribution in [0.1, 0.15) is 51.6 Å². The van der Waals surface area contributed by atoms with Crippen molar-refractivity contribution in [2.45, 2.75) is 51.6 Å². The zero-order chi connectivity index (χ0) is 33.0. The van der Waals surface area contributed by atoms with Crippen LogP contribution in [0.25, 0.3) is 0 Å². The highest BCUT2D eigenvalue weighted by atomic mass is 16.3. The lowest BCUT2D eigenvalue weighted by Crippen LogP contribution is -2.47. The lowest BCUT2D eigenvalue weighted by atomic mass is 9.71. The summed E-state index contributed by atoms with van der Waals surface area (Å²) in [6.07, 6.45) is 8.40. The summed E-state index contributed by atoms with van der Waals surface area (Å²) >= 11 is 0. The van der Waals surface area contributed by atoms with Crippen LogP contribution in [-0.4, -0.2) is 79.4 Å². The smallest absolute Gasteiger partial charge is 0.256 e. The normalized spacial score (nSPS) is 17.2. The van der Waals surface area contributed by atoms with E-state index in [1.54, 1.807) is 38.1 Å². The number of amidine groups is 1. The second kappa shape index (κ2) is 16.2. The number of aliphatic hydroxyl groups is 1. The summed E-state index contributed by atoms with van der Waals surface area (Å²) in [5.41, 5.74) is 2.05. The Labute approximate surface area is 272 Å². The first-order valence-electron chi connectivity index (χ1n) is 15.9. The number of hydrogen-bond donors (Lipinski definition) is 4. The number of pyridine rings is 1. The quantitative estimate of drug-likeness (QED) is 0.109. The Morgan fingerprint density at radius 2 is 1.83 bits per heavy atom. The van der Waals surface area contributed by atoms with Crippen molar-refractivity contribution in [2.75, 3.05) is 61.5 Å². The summed E-state index contributed by atoms with van der Waals surface area (Å²) in [5.74, 6) is 0.271. The minimum Gasteiger partial charge on any atom is -0.384 e. The van der Waals surface area contributed by atoms with Gasteiger partial charge in [0.2, 0.25) is 0 Å². The second-order valence-electron chi connectivity index (χ2n) is 12.4. The van der Waals surface area contributed by atoms with Crippen molar-refractivity contribution in [1.82, 2.24) is 15.2 Å². The van der Waals surface area contributed by atoms with E-state index in [2.05, 4.69) is 72.2 Å². The van der Waals surface area contributed by atoms with Crippen LogP contribution in [0.4, 0.5) is 17.2 Å². The van der Waals surface area contributed by atoms with Gasteiger partial charge in [-0.05, 0) is 101 Å². The van der Waals surface area contributed by atoms with Crippen LogP contribution < -0.4 is 20.9 Å². The highest BCUT2D eigenvalue weighted by Gasteiger charge is 2.37. The number of anilines is 3. The third-order valence-corrected chi connectivity index (χ3v) is 8.78. The maximum absolute atomic E-state index is 13.0. The Kier molecular flexibility index (Phi) is 12.1. The highest BCUT2D eigenvalue weighted by molar-refractivity contribution is 6.25. The molecule has 11 nitrogen and oxygen atoms in total. The third kappa shape index (κ3) is 9.49. The van der Waals surface area contributed by atoms with Gasteiger partial charge < -0.3 is 30.9 Å². The van der Waals surface area contributed by atoms with Crippen LogP contribution in [0, 0.1) is 16.7 Å². The molecular weight excluding hydrogens is 578 g/mol. The number of hydrogen-bond acceptors (Lipinski definition) is 9. The first-order valence-corrected chi connectivity index (χ1v) is 15.9. The molecule has 11 heteroatoms. The number of piperidine rings is 2. The number of nitriles is 1. The highest BCUT2D eigenvalue weighted by Crippen LogP contribution is 2.42. The minimum atomic E-state index is -1.14. The molecule has 2 aromatic rings. The molecule has 0 radical (unpaired) electrons. The van der Waals surface area contributed by atoms with Crippen molar-refractivity contribution in [3.8, 4) is 6.07 Å². The first kappa shape index (κ1) is 34.3. The van der Waals surface area contributed by atoms with Crippen molar-refractivity contribution in [1.29, 1.82) is 5.26 Å². The summed E-state index contributed by atoms with van der Waals surface area (Å²) in [5, 5.41) is 28.5. The lowest BCUT2D eigenvalue weighted by molar-refractivity contribution is -0.116. The van der Waals surface area contributed by atoms with Crippen molar-refractivity contribution >= 4 is 35.7 Å². The molecule has 2 aliphatic heterocycles. The van der Waals surface area contributed by atoms with Crippen LogP contribution in [0.15, 0.2) is 76.9 Å². The van der Waals surface area contributed by atoms with E-state index in [1.165, 1.54) is 37.6 Å². The number of carbonyl (C=O) groups is 1. The number of nitrogens with one attached hydrogen (secondary N) is 3. The molecule has 0 saturated carbocycles. The maximum Gasteiger partial charge on any atom is 0.256 e. The molecule has 46 heavy (non-hydrogen) atoms.